The minimum absolute atomic E-state index is 0.0780. The summed E-state index contributed by atoms with van der Waals surface area (Å²) in [7, 11) is 0. The van der Waals surface area contributed by atoms with Gasteiger partial charge in [-0.2, -0.15) is 8.78 Å². The first-order valence-electron chi connectivity index (χ1n) is 5.58. The second kappa shape index (κ2) is 7.19. The van der Waals surface area contributed by atoms with E-state index in [1.807, 2.05) is 0 Å². The van der Waals surface area contributed by atoms with Gasteiger partial charge >= 0.3 is 12.3 Å². The highest BCUT2D eigenvalue weighted by atomic mass is 35.5. The predicted octanol–water partition coefficient (Wildman–Crippen LogP) is 3.30. The van der Waals surface area contributed by atoms with E-state index >= 15 is 0 Å². The van der Waals surface area contributed by atoms with Gasteiger partial charge in [-0.25, -0.2) is 13.2 Å². The summed E-state index contributed by atoms with van der Waals surface area (Å²) in [5.41, 5.74) is 0.0780. The van der Waals surface area contributed by atoms with Crippen LogP contribution in [0.3, 0.4) is 0 Å². The molecule has 0 spiro atoms. The SMILES string of the molecule is OC(COCC(F)(F)C(F)F)Cc1cc(Cl)ccc1F. The zero-order valence-corrected chi connectivity index (χ0v) is 10.9. The van der Waals surface area contributed by atoms with Crippen molar-refractivity contribution in [2.45, 2.75) is 24.9 Å². The third-order valence-electron chi connectivity index (χ3n) is 2.39. The Hall–Kier alpha value is -0.920. The van der Waals surface area contributed by atoms with Crippen molar-refractivity contribution in [1.29, 1.82) is 0 Å². The molecular weight excluding hydrogens is 307 g/mol. The van der Waals surface area contributed by atoms with Crippen LogP contribution in [-0.2, 0) is 11.2 Å². The van der Waals surface area contributed by atoms with Crippen molar-refractivity contribution in [3.63, 3.8) is 0 Å². The van der Waals surface area contributed by atoms with Crippen LogP contribution in [0.4, 0.5) is 22.0 Å². The smallest absolute Gasteiger partial charge is 0.330 e. The van der Waals surface area contributed by atoms with Crippen LogP contribution in [0.2, 0.25) is 5.02 Å². The van der Waals surface area contributed by atoms with E-state index in [0.717, 1.165) is 6.07 Å². The van der Waals surface area contributed by atoms with Crippen molar-refractivity contribution < 1.29 is 31.8 Å². The maximum atomic E-state index is 13.3. The average molecular weight is 319 g/mol. The Labute approximate surface area is 117 Å². The Balaban J connectivity index is 2.44. The molecule has 0 radical (unpaired) electrons. The minimum atomic E-state index is -4.28. The minimum Gasteiger partial charge on any atom is -0.390 e. The molecule has 1 aromatic carbocycles. The van der Waals surface area contributed by atoms with Gasteiger partial charge in [-0.15, -0.1) is 0 Å². The number of benzene rings is 1. The second-order valence-electron chi connectivity index (χ2n) is 4.17. The first kappa shape index (κ1) is 17.1. The van der Waals surface area contributed by atoms with E-state index in [-0.39, 0.29) is 17.0 Å². The molecule has 8 heteroatoms. The van der Waals surface area contributed by atoms with Crippen LogP contribution in [-0.4, -0.2) is 36.8 Å². The molecule has 0 aliphatic carbocycles. The zero-order valence-electron chi connectivity index (χ0n) is 10.1. The quantitative estimate of drug-likeness (QED) is 0.782. The zero-order chi connectivity index (χ0) is 15.3. The summed E-state index contributed by atoms with van der Waals surface area (Å²) in [4.78, 5) is 0. The Morgan fingerprint density at radius 2 is 1.95 bits per heavy atom. The highest BCUT2D eigenvalue weighted by Gasteiger charge is 2.41. The number of hydrogen-bond acceptors (Lipinski definition) is 2. The molecule has 0 aromatic heterocycles. The largest absolute Gasteiger partial charge is 0.390 e. The standard InChI is InChI=1S/C12H12ClF5O2/c13-8-1-2-10(14)7(3-8)4-9(19)5-20-6-12(17,18)11(15)16/h1-3,9,11,19H,4-6H2. The van der Waals surface area contributed by atoms with Crippen LogP contribution in [0.25, 0.3) is 0 Å². The maximum Gasteiger partial charge on any atom is 0.330 e. The molecule has 0 bridgehead atoms. The van der Waals surface area contributed by atoms with Gasteiger partial charge in [-0.3, -0.25) is 0 Å². The van der Waals surface area contributed by atoms with Gasteiger partial charge in [0, 0.05) is 11.4 Å². The monoisotopic (exact) mass is 318 g/mol. The molecule has 20 heavy (non-hydrogen) atoms. The van der Waals surface area contributed by atoms with Gasteiger partial charge in [0.05, 0.1) is 12.7 Å². The summed E-state index contributed by atoms with van der Waals surface area (Å²) in [5, 5.41) is 9.74. The molecule has 0 saturated carbocycles. The van der Waals surface area contributed by atoms with Crippen molar-refractivity contribution >= 4 is 11.6 Å². The van der Waals surface area contributed by atoms with E-state index in [2.05, 4.69) is 4.74 Å². The molecule has 0 saturated heterocycles. The van der Waals surface area contributed by atoms with E-state index in [4.69, 9.17) is 11.6 Å². The molecule has 1 rings (SSSR count). The summed E-state index contributed by atoms with van der Waals surface area (Å²) in [5.74, 6) is -4.90. The van der Waals surface area contributed by atoms with Crippen LogP contribution in [0.15, 0.2) is 18.2 Å². The molecule has 114 valence electrons. The molecule has 0 heterocycles. The number of aliphatic hydroxyl groups is 1. The Morgan fingerprint density at radius 1 is 1.30 bits per heavy atom. The van der Waals surface area contributed by atoms with Gasteiger partial charge < -0.3 is 9.84 Å². The van der Waals surface area contributed by atoms with Gasteiger partial charge in [-0.05, 0) is 23.8 Å². The summed E-state index contributed by atoms with van der Waals surface area (Å²) < 4.78 is 66.3. The first-order valence-corrected chi connectivity index (χ1v) is 5.96. The van der Waals surface area contributed by atoms with Crippen LogP contribution in [0, 0.1) is 5.82 Å². The third kappa shape index (κ3) is 5.22. The number of aliphatic hydroxyl groups excluding tert-OH is 1. The molecule has 0 fully saturated rings. The van der Waals surface area contributed by atoms with Crippen LogP contribution < -0.4 is 0 Å². The topological polar surface area (TPSA) is 29.5 Å². The molecule has 0 aliphatic rings. The predicted molar refractivity (Wildman–Crippen MR) is 62.9 cm³/mol. The van der Waals surface area contributed by atoms with Crippen molar-refractivity contribution in [2.24, 2.45) is 0 Å². The molecule has 1 atom stereocenters. The normalized spacial score (nSPS) is 13.8. The number of halogens is 6. The van der Waals surface area contributed by atoms with Crippen molar-refractivity contribution in [3.8, 4) is 0 Å². The Morgan fingerprint density at radius 3 is 2.55 bits per heavy atom. The van der Waals surface area contributed by atoms with E-state index in [9.17, 15) is 27.1 Å². The highest BCUT2D eigenvalue weighted by Crippen LogP contribution is 2.23. The highest BCUT2D eigenvalue weighted by molar-refractivity contribution is 6.30. The fourth-order valence-electron chi connectivity index (χ4n) is 1.41. The third-order valence-corrected chi connectivity index (χ3v) is 2.62. The first-order chi connectivity index (χ1) is 9.22. The Kier molecular flexibility index (Phi) is 6.16. The number of ether oxygens (including phenoxy) is 1. The lowest BCUT2D eigenvalue weighted by molar-refractivity contribution is -0.170. The summed E-state index contributed by atoms with van der Waals surface area (Å²) in [6.07, 6.45) is -5.38. The van der Waals surface area contributed by atoms with Crippen LogP contribution in [0.1, 0.15) is 5.56 Å². The van der Waals surface area contributed by atoms with Crippen LogP contribution >= 0.6 is 11.6 Å². The maximum absolute atomic E-state index is 13.3. The molecule has 1 N–H and O–H groups in total. The summed E-state index contributed by atoms with van der Waals surface area (Å²) in [6, 6.07) is 3.68. The molecule has 0 amide bonds. The fraction of sp³-hybridized carbons (Fsp3) is 0.500. The molecular formula is C12H12ClF5O2. The summed E-state index contributed by atoms with van der Waals surface area (Å²) in [6.45, 7) is -2.13. The van der Waals surface area contributed by atoms with Crippen LogP contribution in [0.5, 0.6) is 0 Å². The van der Waals surface area contributed by atoms with E-state index < -0.39 is 37.5 Å². The molecule has 1 unspecified atom stereocenters. The Bertz CT molecular complexity index is 442. The van der Waals surface area contributed by atoms with Gasteiger partial charge in [0.15, 0.2) is 0 Å². The number of rotatable bonds is 7. The number of hydrogen-bond donors (Lipinski definition) is 1. The number of alkyl halides is 4. The van der Waals surface area contributed by atoms with Crippen molar-refractivity contribution in [1.82, 2.24) is 0 Å². The van der Waals surface area contributed by atoms with E-state index in [0.29, 0.717) is 0 Å². The lowest BCUT2D eigenvalue weighted by Crippen LogP contribution is -2.34. The van der Waals surface area contributed by atoms with Crippen molar-refractivity contribution in [3.05, 3.63) is 34.6 Å². The van der Waals surface area contributed by atoms with Gasteiger partial charge in [-0.1, -0.05) is 11.6 Å². The van der Waals surface area contributed by atoms with Gasteiger partial charge in [0.25, 0.3) is 0 Å². The lowest BCUT2D eigenvalue weighted by Gasteiger charge is -2.17. The lowest BCUT2D eigenvalue weighted by atomic mass is 10.1. The molecule has 2 nitrogen and oxygen atoms in total. The average Bonchev–Trinajstić information content (AvgIpc) is 2.33. The fourth-order valence-corrected chi connectivity index (χ4v) is 1.60. The van der Waals surface area contributed by atoms with Gasteiger partial charge in [0.2, 0.25) is 0 Å². The second-order valence-corrected chi connectivity index (χ2v) is 4.61. The molecule has 1 aromatic rings. The summed E-state index contributed by atoms with van der Waals surface area (Å²) >= 11 is 5.64. The van der Waals surface area contributed by atoms with E-state index in [1.54, 1.807) is 0 Å². The van der Waals surface area contributed by atoms with E-state index in [1.165, 1.54) is 12.1 Å². The van der Waals surface area contributed by atoms with Gasteiger partial charge in [0.1, 0.15) is 12.4 Å². The molecule has 0 aliphatic heterocycles. The van der Waals surface area contributed by atoms with Crippen molar-refractivity contribution in [2.75, 3.05) is 13.2 Å².